The van der Waals surface area contributed by atoms with Crippen LogP contribution in [0.5, 0.6) is 5.75 Å². The second-order valence-corrected chi connectivity index (χ2v) is 4.19. The summed E-state index contributed by atoms with van der Waals surface area (Å²) in [5, 5.41) is 0.157. The maximum atomic E-state index is 11.9. The van der Waals surface area contributed by atoms with Crippen LogP contribution in [-0.2, 0) is 9.47 Å². The molecular formula is C15H14O7. The highest BCUT2D eigenvalue weighted by atomic mass is 16.5. The first-order valence-electron chi connectivity index (χ1n) is 6.43. The van der Waals surface area contributed by atoms with E-state index in [9.17, 15) is 14.4 Å². The van der Waals surface area contributed by atoms with E-state index >= 15 is 0 Å². The zero-order valence-corrected chi connectivity index (χ0v) is 12.3. The quantitative estimate of drug-likeness (QED) is 0.617. The van der Waals surface area contributed by atoms with Crippen LogP contribution in [0.4, 0.5) is 0 Å². The first-order valence-corrected chi connectivity index (χ1v) is 6.43. The molecule has 0 amide bonds. The second kappa shape index (κ2) is 6.30. The molecule has 2 rings (SSSR count). The van der Waals surface area contributed by atoms with Crippen molar-refractivity contribution in [2.45, 2.75) is 6.92 Å². The standard InChI is InChI=1S/C15H14O7/c1-4-21-15(18)12-9(7-16)11-8(14(17)20-3)5-6-10(19-2)13(11)22-12/h5-7H,4H2,1-3H3. The van der Waals surface area contributed by atoms with Crippen LogP contribution < -0.4 is 4.74 Å². The van der Waals surface area contributed by atoms with E-state index < -0.39 is 11.9 Å². The highest BCUT2D eigenvalue weighted by Gasteiger charge is 2.27. The molecule has 0 N–H and O–H groups in total. The average molecular weight is 306 g/mol. The van der Waals surface area contributed by atoms with Gasteiger partial charge in [0.2, 0.25) is 5.76 Å². The molecule has 0 saturated heterocycles. The topological polar surface area (TPSA) is 92.0 Å². The van der Waals surface area contributed by atoms with Gasteiger partial charge in [0, 0.05) is 0 Å². The van der Waals surface area contributed by atoms with Crippen LogP contribution in [0.1, 0.15) is 38.2 Å². The Bertz CT molecular complexity index is 742. The molecular weight excluding hydrogens is 292 g/mol. The number of methoxy groups -OCH3 is 2. The zero-order chi connectivity index (χ0) is 16.3. The Labute approximate surface area is 125 Å². The van der Waals surface area contributed by atoms with Crippen LogP contribution in [-0.4, -0.2) is 39.1 Å². The Balaban J connectivity index is 2.83. The van der Waals surface area contributed by atoms with Gasteiger partial charge in [0.05, 0.1) is 37.3 Å². The van der Waals surface area contributed by atoms with Crippen molar-refractivity contribution in [1.82, 2.24) is 0 Å². The minimum absolute atomic E-state index is 0.0762. The van der Waals surface area contributed by atoms with Gasteiger partial charge in [-0.2, -0.15) is 0 Å². The Morgan fingerprint density at radius 2 is 1.95 bits per heavy atom. The largest absolute Gasteiger partial charge is 0.493 e. The first kappa shape index (κ1) is 15.6. The highest BCUT2D eigenvalue weighted by molar-refractivity contribution is 6.14. The van der Waals surface area contributed by atoms with Crippen molar-refractivity contribution >= 4 is 29.2 Å². The molecule has 0 bridgehead atoms. The monoisotopic (exact) mass is 306 g/mol. The molecule has 1 aromatic carbocycles. The number of aldehydes is 1. The van der Waals surface area contributed by atoms with Crippen LogP contribution in [0.15, 0.2) is 16.5 Å². The molecule has 0 radical (unpaired) electrons. The Hall–Kier alpha value is -2.83. The Morgan fingerprint density at radius 3 is 2.50 bits per heavy atom. The SMILES string of the molecule is CCOC(=O)c1oc2c(OC)ccc(C(=O)OC)c2c1C=O. The summed E-state index contributed by atoms with van der Waals surface area (Å²) in [5.74, 6) is -1.45. The molecule has 22 heavy (non-hydrogen) atoms. The molecule has 0 spiro atoms. The van der Waals surface area contributed by atoms with E-state index in [4.69, 9.17) is 13.9 Å². The number of benzene rings is 1. The molecule has 116 valence electrons. The van der Waals surface area contributed by atoms with Gasteiger partial charge in [-0.05, 0) is 19.1 Å². The third kappa shape index (κ3) is 2.41. The van der Waals surface area contributed by atoms with Crippen LogP contribution in [0, 0.1) is 0 Å². The van der Waals surface area contributed by atoms with Crippen molar-refractivity contribution in [2.75, 3.05) is 20.8 Å². The van der Waals surface area contributed by atoms with Gasteiger partial charge in [-0.1, -0.05) is 0 Å². The van der Waals surface area contributed by atoms with Gasteiger partial charge >= 0.3 is 11.9 Å². The molecule has 0 saturated carbocycles. The number of rotatable bonds is 5. The van der Waals surface area contributed by atoms with Gasteiger partial charge in [0.1, 0.15) is 0 Å². The fourth-order valence-corrected chi connectivity index (χ4v) is 2.10. The molecule has 1 aromatic heterocycles. The number of hydrogen-bond acceptors (Lipinski definition) is 7. The molecule has 0 fully saturated rings. The van der Waals surface area contributed by atoms with Crippen LogP contribution in [0.3, 0.4) is 0 Å². The molecule has 0 aliphatic carbocycles. The van der Waals surface area contributed by atoms with Gasteiger partial charge in [-0.3, -0.25) is 4.79 Å². The number of carbonyl (C=O) groups is 3. The minimum Gasteiger partial charge on any atom is -0.493 e. The van der Waals surface area contributed by atoms with Crippen LogP contribution >= 0.6 is 0 Å². The molecule has 0 aliphatic heterocycles. The molecule has 0 atom stereocenters. The zero-order valence-electron chi connectivity index (χ0n) is 12.3. The summed E-state index contributed by atoms with van der Waals surface area (Å²) in [5.41, 5.74) is 0.128. The first-order chi connectivity index (χ1) is 10.6. The molecule has 1 heterocycles. The van der Waals surface area contributed by atoms with Crippen molar-refractivity contribution in [3.8, 4) is 5.75 Å². The van der Waals surface area contributed by atoms with Gasteiger partial charge in [-0.25, -0.2) is 9.59 Å². The average Bonchev–Trinajstić information content (AvgIpc) is 2.93. The molecule has 7 heteroatoms. The van der Waals surface area contributed by atoms with E-state index in [0.717, 1.165) is 0 Å². The fourth-order valence-electron chi connectivity index (χ4n) is 2.10. The van der Waals surface area contributed by atoms with Crippen molar-refractivity contribution in [1.29, 1.82) is 0 Å². The van der Waals surface area contributed by atoms with E-state index in [-0.39, 0.29) is 40.2 Å². The number of hydrogen-bond donors (Lipinski definition) is 0. The van der Waals surface area contributed by atoms with Gasteiger partial charge < -0.3 is 18.6 Å². The predicted octanol–water partition coefficient (Wildman–Crippen LogP) is 2.22. The van der Waals surface area contributed by atoms with Crippen molar-refractivity contribution in [2.24, 2.45) is 0 Å². The number of esters is 2. The van der Waals surface area contributed by atoms with Gasteiger partial charge in [0.25, 0.3) is 0 Å². The number of furan rings is 1. The van der Waals surface area contributed by atoms with Crippen molar-refractivity contribution in [3.63, 3.8) is 0 Å². The van der Waals surface area contributed by atoms with E-state index in [0.29, 0.717) is 6.29 Å². The maximum absolute atomic E-state index is 11.9. The predicted molar refractivity (Wildman–Crippen MR) is 75.4 cm³/mol. The lowest BCUT2D eigenvalue weighted by Crippen LogP contribution is -2.07. The van der Waals surface area contributed by atoms with E-state index in [2.05, 4.69) is 4.74 Å². The van der Waals surface area contributed by atoms with Crippen molar-refractivity contribution < 1.29 is 33.0 Å². The lowest BCUT2D eigenvalue weighted by atomic mass is 10.0. The highest BCUT2D eigenvalue weighted by Crippen LogP contribution is 2.35. The minimum atomic E-state index is -0.793. The van der Waals surface area contributed by atoms with Crippen LogP contribution in [0.2, 0.25) is 0 Å². The Morgan fingerprint density at radius 1 is 1.23 bits per heavy atom. The summed E-state index contributed by atoms with van der Waals surface area (Å²) in [7, 11) is 2.62. The summed E-state index contributed by atoms with van der Waals surface area (Å²) >= 11 is 0. The lowest BCUT2D eigenvalue weighted by Gasteiger charge is -2.04. The third-order valence-corrected chi connectivity index (χ3v) is 3.04. The molecule has 0 aliphatic rings. The second-order valence-electron chi connectivity index (χ2n) is 4.19. The third-order valence-electron chi connectivity index (χ3n) is 3.04. The summed E-state index contributed by atoms with van der Waals surface area (Å²) in [6, 6.07) is 2.92. The van der Waals surface area contributed by atoms with Crippen molar-refractivity contribution in [3.05, 3.63) is 29.0 Å². The van der Waals surface area contributed by atoms with Gasteiger partial charge in [-0.15, -0.1) is 0 Å². The fraction of sp³-hybridized carbons (Fsp3) is 0.267. The number of fused-ring (bicyclic) bond motifs is 1. The normalized spacial score (nSPS) is 10.3. The summed E-state index contributed by atoms with van der Waals surface area (Å²) < 4.78 is 20.1. The van der Waals surface area contributed by atoms with E-state index in [1.165, 1.54) is 26.4 Å². The summed E-state index contributed by atoms with van der Waals surface area (Å²) in [6.45, 7) is 1.75. The molecule has 2 aromatic rings. The van der Waals surface area contributed by atoms with Crippen LogP contribution in [0.25, 0.3) is 11.0 Å². The number of carbonyl (C=O) groups excluding carboxylic acids is 3. The van der Waals surface area contributed by atoms with E-state index in [1.807, 2.05) is 0 Å². The summed E-state index contributed by atoms with van der Waals surface area (Å²) in [6.07, 6.45) is 0.434. The molecule has 0 unspecified atom stereocenters. The lowest BCUT2D eigenvalue weighted by molar-refractivity contribution is 0.0489. The Kier molecular flexibility index (Phi) is 4.45. The number of ether oxygens (including phenoxy) is 3. The maximum Gasteiger partial charge on any atom is 0.375 e. The van der Waals surface area contributed by atoms with E-state index in [1.54, 1.807) is 6.92 Å². The smallest absolute Gasteiger partial charge is 0.375 e. The summed E-state index contributed by atoms with van der Waals surface area (Å²) in [4.78, 5) is 35.2. The molecule has 7 nitrogen and oxygen atoms in total. The van der Waals surface area contributed by atoms with Gasteiger partial charge in [0.15, 0.2) is 17.6 Å².